The number of allylic oxidation sites excluding steroid dienone is 1. The number of benzene rings is 3. The van der Waals surface area contributed by atoms with Crippen LogP contribution in [-0.4, -0.2) is 6.09 Å². The number of ether oxygens (including phenoxy) is 1. The quantitative estimate of drug-likeness (QED) is 0.504. The van der Waals surface area contributed by atoms with Crippen molar-refractivity contribution in [3.8, 4) is 0 Å². The molecule has 1 amide bonds. The van der Waals surface area contributed by atoms with Crippen LogP contribution in [0.3, 0.4) is 0 Å². The third-order valence-corrected chi connectivity index (χ3v) is 4.50. The Morgan fingerprint density at radius 2 is 1.79 bits per heavy atom. The van der Waals surface area contributed by atoms with Crippen LogP contribution in [0, 0.1) is 0 Å². The van der Waals surface area contributed by atoms with Crippen LogP contribution in [0.2, 0.25) is 0 Å². The third kappa shape index (κ3) is 5.38. The van der Waals surface area contributed by atoms with E-state index in [1.807, 2.05) is 49.4 Å². The van der Waals surface area contributed by atoms with E-state index in [4.69, 9.17) is 4.74 Å². The zero-order valence-electron chi connectivity index (χ0n) is 15.7. The summed E-state index contributed by atoms with van der Waals surface area (Å²) < 4.78 is 43.2. The molecule has 0 saturated carbocycles. The van der Waals surface area contributed by atoms with Gasteiger partial charge in [-0.3, -0.25) is 0 Å². The van der Waals surface area contributed by atoms with Gasteiger partial charge in [-0.05, 0) is 47.4 Å². The predicted octanol–water partition coefficient (Wildman–Crippen LogP) is 6.40. The van der Waals surface area contributed by atoms with Gasteiger partial charge in [0.15, 0.2) is 0 Å². The summed E-state index contributed by atoms with van der Waals surface area (Å²) in [4.78, 5) is 12.0. The van der Waals surface area contributed by atoms with Crippen LogP contribution in [0.4, 0.5) is 18.0 Å². The Morgan fingerprint density at radius 3 is 2.59 bits per heavy atom. The first-order chi connectivity index (χ1) is 13.8. The van der Waals surface area contributed by atoms with Crippen LogP contribution in [0.5, 0.6) is 0 Å². The van der Waals surface area contributed by atoms with Gasteiger partial charge in [0.1, 0.15) is 0 Å². The zero-order valence-corrected chi connectivity index (χ0v) is 15.7. The number of fused-ring (bicyclic) bond motifs is 1. The largest absolute Gasteiger partial charge is 0.419 e. The van der Waals surface area contributed by atoms with Gasteiger partial charge in [0.05, 0.1) is 17.9 Å². The van der Waals surface area contributed by atoms with Crippen molar-refractivity contribution in [3.05, 3.63) is 95.8 Å². The van der Waals surface area contributed by atoms with E-state index in [0.717, 1.165) is 28.5 Å². The predicted molar refractivity (Wildman–Crippen MR) is 106 cm³/mol. The Balaban J connectivity index is 1.56. The number of hydrogen-bond acceptors (Lipinski definition) is 2. The smallest absolute Gasteiger partial charge is 0.416 e. The minimum Gasteiger partial charge on any atom is -0.419 e. The molecule has 0 spiro atoms. The van der Waals surface area contributed by atoms with Crippen molar-refractivity contribution in [3.63, 3.8) is 0 Å². The van der Waals surface area contributed by atoms with Crippen molar-refractivity contribution in [2.45, 2.75) is 25.6 Å². The van der Waals surface area contributed by atoms with Crippen molar-refractivity contribution < 1.29 is 22.7 Å². The fraction of sp³-hybridized carbons (Fsp3) is 0.174. The number of rotatable bonds is 5. The molecule has 3 aromatic rings. The lowest BCUT2D eigenvalue weighted by Crippen LogP contribution is -2.26. The number of alkyl carbamates (subject to hydrolysis) is 1. The second-order valence-electron chi connectivity index (χ2n) is 6.61. The van der Waals surface area contributed by atoms with Gasteiger partial charge in [-0.1, -0.05) is 60.7 Å². The maximum absolute atomic E-state index is 12.7. The van der Waals surface area contributed by atoms with Crippen molar-refractivity contribution in [2.75, 3.05) is 0 Å². The van der Waals surface area contributed by atoms with E-state index in [1.165, 1.54) is 18.4 Å². The number of alkyl halides is 3. The van der Waals surface area contributed by atoms with Crippen molar-refractivity contribution in [2.24, 2.45) is 0 Å². The normalized spacial score (nSPS) is 12.8. The van der Waals surface area contributed by atoms with E-state index in [1.54, 1.807) is 6.07 Å². The standard InChI is InChI=1S/C23H20F3NO2/c1-16(20-13-5-10-18-9-2-3-12-21(18)20)27-22(28)29-14-6-8-17-7-4-11-19(15-17)23(24,25)26/h2-7,9-16H,8H2,1H3,(H,27,28)/b14-6+/t16-/m1/s1. The highest BCUT2D eigenvalue weighted by Crippen LogP contribution is 2.29. The first kappa shape index (κ1) is 20.5. The molecule has 150 valence electrons. The first-order valence-electron chi connectivity index (χ1n) is 9.10. The molecular weight excluding hydrogens is 379 g/mol. The van der Waals surface area contributed by atoms with Gasteiger partial charge < -0.3 is 10.1 Å². The lowest BCUT2D eigenvalue weighted by atomic mass is 10.00. The molecule has 1 atom stereocenters. The molecule has 3 aromatic carbocycles. The second kappa shape index (κ2) is 8.82. The highest BCUT2D eigenvalue weighted by atomic mass is 19.4. The van der Waals surface area contributed by atoms with Crippen molar-refractivity contribution >= 4 is 16.9 Å². The van der Waals surface area contributed by atoms with Crippen LogP contribution in [0.25, 0.3) is 10.8 Å². The van der Waals surface area contributed by atoms with Crippen molar-refractivity contribution in [1.82, 2.24) is 5.32 Å². The third-order valence-electron chi connectivity index (χ3n) is 4.50. The van der Waals surface area contributed by atoms with Gasteiger partial charge in [-0.2, -0.15) is 13.2 Å². The summed E-state index contributed by atoms with van der Waals surface area (Å²) in [5.41, 5.74) is 0.739. The number of hydrogen-bond donors (Lipinski definition) is 1. The summed E-state index contributed by atoms with van der Waals surface area (Å²) in [5.74, 6) is 0. The molecule has 0 bridgehead atoms. The van der Waals surface area contributed by atoms with Crippen LogP contribution in [0.1, 0.15) is 29.7 Å². The molecule has 29 heavy (non-hydrogen) atoms. The summed E-state index contributed by atoms with van der Waals surface area (Å²) in [7, 11) is 0. The van der Waals surface area contributed by atoms with Gasteiger partial charge >= 0.3 is 12.3 Å². The minimum atomic E-state index is -4.38. The average Bonchev–Trinajstić information content (AvgIpc) is 2.70. The Kier molecular flexibility index (Phi) is 6.22. The zero-order chi connectivity index (χ0) is 20.9. The fourth-order valence-corrected chi connectivity index (χ4v) is 3.09. The van der Waals surface area contributed by atoms with E-state index in [0.29, 0.717) is 5.56 Å². The lowest BCUT2D eigenvalue weighted by Gasteiger charge is -2.15. The highest BCUT2D eigenvalue weighted by Gasteiger charge is 2.30. The van der Waals surface area contributed by atoms with Gasteiger partial charge in [-0.25, -0.2) is 4.79 Å². The van der Waals surface area contributed by atoms with Gasteiger partial charge in [0.2, 0.25) is 0 Å². The van der Waals surface area contributed by atoms with Crippen molar-refractivity contribution in [1.29, 1.82) is 0 Å². The van der Waals surface area contributed by atoms with Crippen LogP contribution >= 0.6 is 0 Å². The lowest BCUT2D eigenvalue weighted by molar-refractivity contribution is -0.137. The monoisotopic (exact) mass is 399 g/mol. The molecule has 0 unspecified atom stereocenters. The number of amides is 1. The van der Waals surface area contributed by atoms with E-state index < -0.39 is 17.8 Å². The molecular formula is C23H20F3NO2. The van der Waals surface area contributed by atoms with Crippen LogP contribution < -0.4 is 5.32 Å². The molecule has 0 aliphatic carbocycles. The van der Waals surface area contributed by atoms with Crippen LogP contribution in [0.15, 0.2) is 79.1 Å². The summed E-state index contributed by atoms with van der Waals surface area (Å²) in [5, 5.41) is 4.88. The molecule has 6 heteroatoms. The van der Waals surface area contributed by atoms with Crippen LogP contribution in [-0.2, 0) is 17.3 Å². The molecule has 0 aliphatic heterocycles. The fourth-order valence-electron chi connectivity index (χ4n) is 3.09. The number of halogens is 3. The molecule has 1 N–H and O–H groups in total. The number of carbonyl (C=O) groups excluding carboxylic acids is 1. The summed E-state index contributed by atoms with van der Waals surface area (Å²) in [6.45, 7) is 1.86. The van der Waals surface area contributed by atoms with E-state index in [2.05, 4.69) is 5.32 Å². The summed E-state index contributed by atoms with van der Waals surface area (Å²) in [6, 6.07) is 18.5. The van der Waals surface area contributed by atoms with E-state index >= 15 is 0 Å². The van der Waals surface area contributed by atoms with E-state index in [-0.39, 0.29) is 12.5 Å². The highest BCUT2D eigenvalue weighted by molar-refractivity contribution is 5.86. The summed E-state index contributed by atoms with van der Waals surface area (Å²) in [6.07, 6.45) is -2.11. The average molecular weight is 399 g/mol. The number of carbonyl (C=O) groups is 1. The molecule has 0 fully saturated rings. The summed E-state index contributed by atoms with van der Waals surface area (Å²) >= 11 is 0. The van der Waals surface area contributed by atoms with Gasteiger partial charge in [0.25, 0.3) is 0 Å². The molecule has 0 saturated heterocycles. The minimum absolute atomic E-state index is 0.218. The molecule has 0 aromatic heterocycles. The maximum atomic E-state index is 12.7. The topological polar surface area (TPSA) is 38.3 Å². The SMILES string of the molecule is C[C@@H](NC(=O)O/C=C/Cc1cccc(C(F)(F)F)c1)c1cccc2ccccc12. The Labute approximate surface area is 166 Å². The van der Waals surface area contributed by atoms with E-state index in [9.17, 15) is 18.0 Å². The maximum Gasteiger partial charge on any atom is 0.416 e. The second-order valence-corrected chi connectivity index (χ2v) is 6.61. The van der Waals surface area contributed by atoms with Gasteiger partial charge in [-0.15, -0.1) is 0 Å². The Bertz CT molecular complexity index is 1020. The molecule has 0 radical (unpaired) electrons. The molecule has 3 rings (SSSR count). The molecule has 3 nitrogen and oxygen atoms in total. The molecule has 0 aliphatic rings. The Hall–Kier alpha value is -3.28. The Morgan fingerprint density at radius 1 is 1.07 bits per heavy atom. The van der Waals surface area contributed by atoms with Gasteiger partial charge in [0, 0.05) is 0 Å². The first-order valence-corrected chi connectivity index (χ1v) is 9.10. The number of nitrogens with one attached hydrogen (secondary N) is 1. The molecule has 0 heterocycles.